The second-order valence-electron chi connectivity index (χ2n) is 13.9. The van der Waals surface area contributed by atoms with E-state index in [4.69, 9.17) is 14.8 Å². The summed E-state index contributed by atoms with van der Waals surface area (Å²) in [5.74, 6) is 0. The number of aryl methyl sites for hydroxylation is 1. The molecule has 6 rings (SSSR count). The molecule has 0 spiro atoms. The lowest BCUT2D eigenvalue weighted by molar-refractivity contribution is 0.0791. The first kappa shape index (κ1) is 33.2. The fraction of sp³-hybridized carbons (Fsp3) is 0.429. The Bertz CT molecular complexity index is 1750. The van der Waals surface area contributed by atoms with Crippen LogP contribution in [0.5, 0.6) is 0 Å². The third kappa shape index (κ3) is 8.22. The van der Waals surface area contributed by atoms with Crippen molar-refractivity contribution in [1.29, 1.82) is 0 Å². The van der Waals surface area contributed by atoms with Gasteiger partial charge >= 0.3 is 12.1 Å². The van der Waals surface area contributed by atoms with Gasteiger partial charge in [0.25, 0.3) is 0 Å². The van der Waals surface area contributed by atoms with E-state index >= 15 is 0 Å². The lowest BCUT2D eigenvalue weighted by Crippen LogP contribution is -2.53. The topological polar surface area (TPSA) is 105 Å². The van der Waals surface area contributed by atoms with E-state index in [9.17, 15) is 9.59 Å². The molecule has 4 amide bonds. The quantitative estimate of drug-likeness (QED) is 0.102. The van der Waals surface area contributed by atoms with E-state index in [0.717, 1.165) is 69.1 Å². The van der Waals surface area contributed by atoms with Crippen LogP contribution in [0.3, 0.4) is 0 Å². The van der Waals surface area contributed by atoms with Gasteiger partial charge < -0.3 is 25.2 Å². The zero-order valence-corrected chi connectivity index (χ0v) is 30.2. The lowest BCUT2D eigenvalue weighted by atomic mass is 9.99. The maximum atomic E-state index is 13.7. The number of carbonyl (C=O) groups excluding carboxylic acids is 2. The summed E-state index contributed by atoms with van der Waals surface area (Å²) in [6.07, 6.45) is 4.07. The highest BCUT2D eigenvalue weighted by molar-refractivity contribution is 9.10. The van der Waals surface area contributed by atoms with Gasteiger partial charge in [0.05, 0.1) is 17.3 Å². The number of amides is 4. The van der Waals surface area contributed by atoms with E-state index in [2.05, 4.69) is 71.3 Å². The van der Waals surface area contributed by atoms with Crippen LogP contribution in [-0.2, 0) is 24.4 Å². The van der Waals surface area contributed by atoms with Crippen LogP contribution in [-0.4, -0.2) is 70.4 Å². The number of hydrogen-bond donors (Lipinski definition) is 2. The number of hydrogen-bond acceptors (Lipinski definition) is 5. The minimum atomic E-state index is -1.15. The molecule has 1 unspecified atom stereocenters. The smallest absolute Gasteiger partial charge is 0.322 e. The van der Waals surface area contributed by atoms with E-state index in [0.29, 0.717) is 32.8 Å². The van der Waals surface area contributed by atoms with E-state index in [1.165, 1.54) is 0 Å². The van der Waals surface area contributed by atoms with Crippen LogP contribution in [0.25, 0.3) is 10.9 Å². The highest BCUT2D eigenvalue weighted by atomic mass is 79.9. The molecular formula is C35H44BrN7O3Si. The molecule has 0 aliphatic carbocycles. The number of nitrogens with zero attached hydrogens (tertiary/aromatic N) is 5. The van der Waals surface area contributed by atoms with Crippen molar-refractivity contribution >= 4 is 52.7 Å². The fourth-order valence-corrected chi connectivity index (χ4v) is 7.49. The molecular weight excluding hydrogens is 674 g/mol. The number of para-hydroxylation sites is 1. The van der Waals surface area contributed by atoms with Crippen molar-refractivity contribution in [3.63, 3.8) is 0 Å². The van der Waals surface area contributed by atoms with Crippen LogP contribution in [0.2, 0.25) is 25.7 Å². The van der Waals surface area contributed by atoms with Crippen molar-refractivity contribution < 1.29 is 14.3 Å². The normalized spacial score (nSPS) is 16.2. The van der Waals surface area contributed by atoms with Crippen molar-refractivity contribution in [1.82, 2.24) is 29.9 Å². The number of likely N-dealkylation sites (tertiary alicyclic amines) is 1. The van der Waals surface area contributed by atoms with Gasteiger partial charge in [-0.3, -0.25) is 0 Å². The molecule has 2 aliphatic heterocycles. The summed E-state index contributed by atoms with van der Waals surface area (Å²) in [6, 6.07) is 18.7. The fourth-order valence-electron chi connectivity index (χ4n) is 6.38. The Morgan fingerprint density at radius 2 is 1.91 bits per heavy atom. The number of urea groups is 2. The molecule has 0 radical (unpaired) electrons. The number of nitrogens with one attached hydrogen (secondary N) is 2. The van der Waals surface area contributed by atoms with Gasteiger partial charge in [-0.15, -0.1) is 0 Å². The van der Waals surface area contributed by atoms with Crippen molar-refractivity contribution in [3.8, 4) is 0 Å². The van der Waals surface area contributed by atoms with Gasteiger partial charge in [0.1, 0.15) is 11.3 Å². The van der Waals surface area contributed by atoms with Gasteiger partial charge in [-0.05, 0) is 89.1 Å². The molecule has 47 heavy (non-hydrogen) atoms. The number of piperidine rings is 1. The number of fused-ring (bicyclic) bond motifs is 2. The molecule has 1 atom stereocenters. The minimum Gasteiger partial charge on any atom is -0.360 e. The first-order valence-corrected chi connectivity index (χ1v) is 20.9. The van der Waals surface area contributed by atoms with Crippen LogP contribution in [0, 0.1) is 6.92 Å². The lowest BCUT2D eigenvalue weighted by Gasteiger charge is -2.40. The van der Waals surface area contributed by atoms with Crippen LogP contribution < -0.4 is 10.6 Å². The predicted octanol–water partition coefficient (Wildman–Crippen LogP) is 7.32. The van der Waals surface area contributed by atoms with Gasteiger partial charge in [-0.2, -0.15) is 5.10 Å². The average Bonchev–Trinajstić information content (AvgIpc) is 3.45. The van der Waals surface area contributed by atoms with Gasteiger partial charge in [0, 0.05) is 57.6 Å². The molecule has 4 heterocycles. The Hall–Kier alpha value is -3.74. The molecule has 2 aromatic heterocycles. The average molecular weight is 719 g/mol. The summed E-state index contributed by atoms with van der Waals surface area (Å²) < 4.78 is 8.53. The number of anilines is 1. The molecule has 0 saturated carbocycles. The second-order valence-corrected chi connectivity index (χ2v) is 20.3. The van der Waals surface area contributed by atoms with Gasteiger partial charge in [0.2, 0.25) is 0 Å². The number of halogens is 1. The summed E-state index contributed by atoms with van der Waals surface area (Å²) in [7, 11) is -1.15. The largest absolute Gasteiger partial charge is 0.360 e. The van der Waals surface area contributed by atoms with Crippen molar-refractivity contribution in [2.75, 3.05) is 25.0 Å². The number of carbonyl (C=O) groups is 2. The number of ether oxygens (including phenoxy) is 1. The van der Waals surface area contributed by atoms with Crippen LogP contribution in [0.1, 0.15) is 41.3 Å². The second kappa shape index (κ2) is 14.2. The number of pyridine rings is 1. The SMILES string of the molecule is Cc1cc(CC(NC(=O)N2CCC(N3Cc4ccccc4NC3=O)CC2)c2cccc(Br)n2)cc2cn(COCC[Si](C)(C)C)nc12. The summed E-state index contributed by atoms with van der Waals surface area (Å²) >= 11 is 3.51. The molecule has 12 heteroatoms. The third-order valence-corrected chi connectivity index (χ3v) is 11.2. The molecule has 2 aliphatic rings. The Morgan fingerprint density at radius 3 is 2.68 bits per heavy atom. The molecule has 4 aromatic rings. The summed E-state index contributed by atoms with van der Waals surface area (Å²) in [4.78, 5) is 35.1. The zero-order chi connectivity index (χ0) is 33.1. The first-order valence-electron chi connectivity index (χ1n) is 16.4. The molecule has 248 valence electrons. The molecule has 2 aromatic carbocycles. The van der Waals surface area contributed by atoms with Crippen LogP contribution in [0.15, 0.2) is 65.4 Å². The van der Waals surface area contributed by atoms with Gasteiger partial charge in [0.15, 0.2) is 0 Å². The number of benzene rings is 2. The monoisotopic (exact) mass is 717 g/mol. The van der Waals surface area contributed by atoms with E-state index < -0.39 is 8.07 Å². The maximum Gasteiger partial charge on any atom is 0.322 e. The first-order chi connectivity index (χ1) is 22.5. The van der Waals surface area contributed by atoms with E-state index in [-0.39, 0.29) is 24.1 Å². The Balaban J connectivity index is 1.12. The van der Waals surface area contributed by atoms with Crippen molar-refractivity contribution in [2.24, 2.45) is 0 Å². The third-order valence-electron chi connectivity index (χ3n) is 9.01. The zero-order valence-electron chi connectivity index (χ0n) is 27.6. The Kier molecular flexibility index (Phi) is 10.00. The Morgan fingerprint density at radius 1 is 1.13 bits per heavy atom. The molecule has 1 fully saturated rings. The molecule has 2 N–H and O–H groups in total. The maximum absolute atomic E-state index is 13.7. The van der Waals surface area contributed by atoms with E-state index in [1.807, 2.05) is 57.1 Å². The van der Waals surface area contributed by atoms with E-state index in [1.54, 1.807) is 0 Å². The highest BCUT2D eigenvalue weighted by Gasteiger charge is 2.33. The highest BCUT2D eigenvalue weighted by Crippen LogP contribution is 2.29. The van der Waals surface area contributed by atoms with Crippen LogP contribution >= 0.6 is 15.9 Å². The minimum absolute atomic E-state index is 0.0697. The summed E-state index contributed by atoms with van der Waals surface area (Å²) in [6.45, 7) is 12.0. The van der Waals surface area contributed by atoms with Gasteiger partial charge in [-0.1, -0.05) is 50.0 Å². The van der Waals surface area contributed by atoms with Gasteiger partial charge in [-0.25, -0.2) is 19.3 Å². The van der Waals surface area contributed by atoms with Crippen LogP contribution in [0.4, 0.5) is 15.3 Å². The van der Waals surface area contributed by atoms with Crippen molar-refractivity contribution in [3.05, 3.63) is 87.8 Å². The predicted molar refractivity (Wildman–Crippen MR) is 191 cm³/mol. The summed E-state index contributed by atoms with van der Waals surface area (Å²) in [5, 5.41) is 12.1. The molecule has 0 bridgehead atoms. The Labute approximate surface area is 286 Å². The van der Waals surface area contributed by atoms with Crippen molar-refractivity contribution in [2.45, 2.75) is 77.2 Å². The molecule has 10 nitrogen and oxygen atoms in total. The molecule has 1 saturated heterocycles. The number of rotatable bonds is 10. The standard InChI is InChI=1S/C35H44BrN7O3Si/c1-24-18-25(19-27-21-42(40-33(24)27)23-46-16-17-47(2,3)4)20-31(30-10-7-11-32(36)37-30)39-34(44)41-14-12-28(13-15-41)43-22-26-8-5-6-9-29(26)38-35(43)45/h5-11,18-19,21,28,31H,12-17,20,22-23H2,1-4H3,(H,38,45)(H,39,44). The number of aromatic nitrogens is 3. The summed E-state index contributed by atoms with van der Waals surface area (Å²) in [5.41, 5.74) is 5.91.